The van der Waals surface area contributed by atoms with Crippen LogP contribution in [0.25, 0.3) is 11.0 Å². The number of H-pyrrole nitrogens is 1. The maximum Gasteiger partial charge on any atom is 0.226 e. The molecule has 0 amide bonds. The number of halogens is 1. The maximum atomic E-state index is 12.6. The fourth-order valence-corrected chi connectivity index (χ4v) is 3.82. The summed E-state index contributed by atoms with van der Waals surface area (Å²) in [6.07, 6.45) is 1.80. The van der Waals surface area contributed by atoms with Gasteiger partial charge in [-0.15, -0.1) is 0 Å². The van der Waals surface area contributed by atoms with E-state index in [-0.39, 0.29) is 10.2 Å². The Morgan fingerprint density at radius 3 is 2.62 bits per heavy atom. The third-order valence-corrected chi connectivity index (χ3v) is 6.15. The van der Waals surface area contributed by atoms with Gasteiger partial charge < -0.3 is 10.3 Å². The number of para-hydroxylation sites is 1. The zero-order valence-corrected chi connectivity index (χ0v) is 15.0. The molecule has 6 nitrogen and oxygen atoms in total. The average molecular weight is 365 g/mol. The van der Waals surface area contributed by atoms with E-state index in [4.69, 9.17) is 11.6 Å². The van der Waals surface area contributed by atoms with Crippen molar-refractivity contribution >= 4 is 44.0 Å². The molecular formula is C16H17ClN4O2S. The van der Waals surface area contributed by atoms with Crippen LogP contribution in [0.2, 0.25) is 5.28 Å². The predicted octanol–water partition coefficient (Wildman–Crippen LogP) is 3.85. The number of benzene rings is 1. The van der Waals surface area contributed by atoms with Crippen LogP contribution in [0, 0.1) is 6.92 Å². The zero-order chi connectivity index (χ0) is 17.5. The lowest BCUT2D eigenvalue weighted by Crippen LogP contribution is -2.15. The van der Waals surface area contributed by atoms with Gasteiger partial charge in [0.15, 0.2) is 9.84 Å². The van der Waals surface area contributed by atoms with E-state index in [2.05, 4.69) is 20.3 Å². The van der Waals surface area contributed by atoms with E-state index in [0.29, 0.717) is 17.2 Å². The normalized spacial score (nSPS) is 12.0. The van der Waals surface area contributed by atoms with E-state index >= 15 is 0 Å². The lowest BCUT2D eigenvalue weighted by molar-refractivity contribution is 0.588. The number of hydrogen-bond acceptors (Lipinski definition) is 5. The van der Waals surface area contributed by atoms with Crippen LogP contribution >= 0.6 is 11.6 Å². The molecule has 0 unspecified atom stereocenters. The average Bonchev–Trinajstić information content (AvgIpc) is 2.88. The van der Waals surface area contributed by atoms with Gasteiger partial charge in [0.1, 0.15) is 11.5 Å². The molecule has 8 heteroatoms. The smallest absolute Gasteiger partial charge is 0.226 e. The Hall–Kier alpha value is -2.12. The van der Waals surface area contributed by atoms with Gasteiger partial charge in [0.2, 0.25) is 5.28 Å². The van der Waals surface area contributed by atoms with Crippen LogP contribution in [-0.4, -0.2) is 28.6 Å². The molecule has 3 rings (SSSR count). The molecule has 2 aromatic heterocycles. The van der Waals surface area contributed by atoms with Gasteiger partial charge in [0.25, 0.3) is 0 Å². The van der Waals surface area contributed by atoms with Gasteiger partial charge in [0, 0.05) is 6.20 Å². The summed E-state index contributed by atoms with van der Waals surface area (Å²) in [5.41, 5.74) is 2.00. The molecular weight excluding hydrogens is 348 g/mol. The van der Waals surface area contributed by atoms with E-state index in [1.165, 1.54) is 0 Å². The van der Waals surface area contributed by atoms with Crippen molar-refractivity contribution in [2.24, 2.45) is 0 Å². The molecule has 0 spiro atoms. The van der Waals surface area contributed by atoms with E-state index in [9.17, 15) is 8.42 Å². The second kappa shape index (κ2) is 6.07. The third-order valence-electron chi connectivity index (χ3n) is 3.77. The third kappa shape index (κ3) is 2.85. The van der Waals surface area contributed by atoms with Gasteiger partial charge in [-0.25, -0.2) is 8.42 Å². The Kier molecular flexibility index (Phi) is 4.23. The van der Waals surface area contributed by atoms with Crippen molar-refractivity contribution in [3.8, 4) is 0 Å². The van der Waals surface area contributed by atoms with Crippen LogP contribution in [0.1, 0.15) is 19.4 Å². The highest BCUT2D eigenvalue weighted by molar-refractivity contribution is 7.92. The molecule has 2 heterocycles. The van der Waals surface area contributed by atoms with Gasteiger partial charge in [-0.05, 0) is 50.1 Å². The molecule has 0 atom stereocenters. The van der Waals surface area contributed by atoms with Crippen molar-refractivity contribution in [1.82, 2.24) is 15.0 Å². The van der Waals surface area contributed by atoms with Crippen LogP contribution < -0.4 is 5.32 Å². The minimum atomic E-state index is -3.43. The van der Waals surface area contributed by atoms with Gasteiger partial charge in [-0.2, -0.15) is 9.97 Å². The van der Waals surface area contributed by atoms with Crippen LogP contribution in [-0.2, 0) is 9.84 Å². The predicted molar refractivity (Wildman–Crippen MR) is 95.7 cm³/mol. The molecule has 0 bridgehead atoms. The molecule has 2 N–H and O–H groups in total. The highest BCUT2D eigenvalue weighted by Gasteiger charge is 2.23. The number of nitrogens with zero attached hydrogens (tertiary/aromatic N) is 2. The van der Waals surface area contributed by atoms with Crippen molar-refractivity contribution < 1.29 is 8.42 Å². The summed E-state index contributed by atoms with van der Waals surface area (Å²) in [6.45, 7) is 5.22. The number of aryl methyl sites for hydroxylation is 1. The van der Waals surface area contributed by atoms with Crippen LogP contribution in [0.15, 0.2) is 35.4 Å². The first-order chi connectivity index (χ1) is 11.3. The molecule has 0 saturated heterocycles. The number of fused-ring (bicyclic) bond motifs is 1. The number of nitrogens with one attached hydrogen (secondary N) is 2. The molecule has 0 radical (unpaired) electrons. The van der Waals surface area contributed by atoms with Crippen molar-refractivity contribution in [3.05, 3.63) is 41.3 Å². The van der Waals surface area contributed by atoms with Crippen molar-refractivity contribution in [3.63, 3.8) is 0 Å². The summed E-state index contributed by atoms with van der Waals surface area (Å²) in [6, 6.07) is 6.76. The number of hydrogen-bond donors (Lipinski definition) is 2. The van der Waals surface area contributed by atoms with E-state index < -0.39 is 15.1 Å². The topological polar surface area (TPSA) is 87.7 Å². The van der Waals surface area contributed by atoms with Gasteiger partial charge in [-0.3, -0.25) is 0 Å². The monoisotopic (exact) mass is 364 g/mol. The summed E-state index contributed by atoms with van der Waals surface area (Å²) in [4.78, 5) is 11.6. The number of aromatic nitrogens is 3. The second-order valence-corrected chi connectivity index (χ2v) is 8.56. The Bertz CT molecular complexity index is 1010. The van der Waals surface area contributed by atoms with E-state index in [1.54, 1.807) is 44.3 Å². The zero-order valence-electron chi connectivity index (χ0n) is 13.5. The number of rotatable bonds is 4. The minimum absolute atomic E-state index is 0.0797. The summed E-state index contributed by atoms with van der Waals surface area (Å²) in [5, 5.41) is 3.44. The van der Waals surface area contributed by atoms with Crippen LogP contribution in [0.4, 0.5) is 11.5 Å². The molecule has 0 aliphatic heterocycles. The Labute approximate surface area is 145 Å². The van der Waals surface area contributed by atoms with Crippen molar-refractivity contribution in [2.45, 2.75) is 30.9 Å². The molecule has 1 aromatic carbocycles. The number of anilines is 2. The Morgan fingerprint density at radius 1 is 1.21 bits per heavy atom. The first-order valence-corrected chi connectivity index (χ1v) is 9.34. The molecule has 0 fully saturated rings. The fraction of sp³-hybridized carbons (Fsp3) is 0.250. The minimum Gasteiger partial charge on any atom is -0.346 e. The molecule has 3 aromatic rings. The lowest BCUT2D eigenvalue weighted by Gasteiger charge is -2.14. The second-order valence-electron chi connectivity index (χ2n) is 5.75. The maximum absolute atomic E-state index is 12.6. The lowest BCUT2D eigenvalue weighted by atomic mass is 10.2. The molecule has 24 heavy (non-hydrogen) atoms. The van der Waals surface area contributed by atoms with Gasteiger partial charge in [0.05, 0.1) is 21.2 Å². The van der Waals surface area contributed by atoms with Crippen molar-refractivity contribution in [1.29, 1.82) is 0 Å². The first kappa shape index (κ1) is 16.7. The fourth-order valence-electron chi connectivity index (χ4n) is 2.45. The number of sulfone groups is 1. The highest BCUT2D eigenvalue weighted by Crippen LogP contribution is 2.31. The largest absolute Gasteiger partial charge is 0.346 e. The van der Waals surface area contributed by atoms with Crippen molar-refractivity contribution in [2.75, 3.05) is 5.32 Å². The van der Waals surface area contributed by atoms with Crippen LogP contribution in [0.3, 0.4) is 0 Å². The highest BCUT2D eigenvalue weighted by atomic mass is 35.5. The summed E-state index contributed by atoms with van der Waals surface area (Å²) in [5.74, 6) is 0.468. The molecule has 0 aliphatic carbocycles. The Balaban J connectivity index is 2.16. The molecule has 0 saturated carbocycles. The number of aromatic amines is 1. The van der Waals surface area contributed by atoms with Gasteiger partial charge >= 0.3 is 0 Å². The van der Waals surface area contributed by atoms with E-state index in [1.807, 2.05) is 6.92 Å². The summed E-state index contributed by atoms with van der Waals surface area (Å²) < 4.78 is 25.2. The standard InChI is InChI=1S/C16H17ClN4O2S/c1-9(2)24(22,23)12-7-5-4-6-11(12)19-15-13-10(3)8-18-14(13)20-16(17)21-15/h4-9H,1-3H3,(H2,18,19,20,21). The molecule has 0 aliphatic rings. The Morgan fingerprint density at radius 2 is 1.92 bits per heavy atom. The van der Waals surface area contributed by atoms with Gasteiger partial charge in [-0.1, -0.05) is 12.1 Å². The molecule has 126 valence electrons. The first-order valence-electron chi connectivity index (χ1n) is 7.42. The SMILES string of the molecule is Cc1c[nH]c2nc(Cl)nc(Nc3ccccc3S(=O)(=O)C(C)C)c12. The summed E-state index contributed by atoms with van der Waals surface area (Å²) in [7, 11) is -3.43. The summed E-state index contributed by atoms with van der Waals surface area (Å²) >= 11 is 5.98. The van der Waals surface area contributed by atoms with Crippen LogP contribution in [0.5, 0.6) is 0 Å². The quantitative estimate of drug-likeness (QED) is 0.686. The van der Waals surface area contributed by atoms with E-state index in [0.717, 1.165) is 10.9 Å².